The van der Waals surface area contributed by atoms with E-state index >= 15 is 0 Å². The molecule has 4 nitrogen and oxygen atoms in total. The average molecular weight is 280 g/mol. The van der Waals surface area contributed by atoms with Crippen molar-refractivity contribution in [2.75, 3.05) is 13.1 Å². The molecule has 1 aromatic carbocycles. The molecule has 4 heteroatoms. The Balaban J connectivity index is 1.91. The standard InChI is InChI=1S/C17H20N4/c1-2-3-9-19-10-8-17-12-20-14-21(17)13-16-6-4-15(11-18)5-7-16/h2-7,12,14,19H,8-10,13H2,1H3. The van der Waals surface area contributed by atoms with Gasteiger partial charge in [-0.3, -0.25) is 0 Å². The molecule has 1 heterocycles. The van der Waals surface area contributed by atoms with Gasteiger partial charge in [-0.05, 0) is 24.6 Å². The van der Waals surface area contributed by atoms with Crippen LogP contribution in [0, 0.1) is 11.3 Å². The molecule has 2 aromatic rings. The van der Waals surface area contributed by atoms with Gasteiger partial charge in [-0.1, -0.05) is 24.3 Å². The highest BCUT2D eigenvalue weighted by Gasteiger charge is 2.03. The van der Waals surface area contributed by atoms with Gasteiger partial charge in [0.1, 0.15) is 0 Å². The van der Waals surface area contributed by atoms with E-state index in [0.29, 0.717) is 5.56 Å². The Morgan fingerprint density at radius 2 is 2.14 bits per heavy atom. The highest BCUT2D eigenvalue weighted by Crippen LogP contribution is 2.08. The van der Waals surface area contributed by atoms with Crippen LogP contribution in [0.1, 0.15) is 23.7 Å². The summed E-state index contributed by atoms with van der Waals surface area (Å²) in [6.07, 6.45) is 8.88. The average Bonchev–Trinajstić information content (AvgIpc) is 2.95. The van der Waals surface area contributed by atoms with Gasteiger partial charge in [0.05, 0.1) is 18.0 Å². The number of nitrogens with zero attached hydrogens (tertiary/aromatic N) is 3. The molecule has 0 atom stereocenters. The molecule has 0 bridgehead atoms. The number of benzene rings is 1. The first-order chi connectivity index (χ1) is 10.3. The molecule has 0 saturated heterocycles. The van der Waals surface area contributed by atoms with Gasteiger partial charge in [0.15, 0.2) is 0 Å². The molecule has 0 unspecified atom stereocenters. The van der Waals surface area contributed by atoms with E-state index in [4.69, 9.17) is 5.26 Å². The van der Waals surface area contributed by atoms with Gasteiger partial charge < -0.3 is 9.88 Å². The lowest BCUT2D eigenvalue weighted by Crippen LogP contribution is -2.18. The van der Waals surface area contributed by atoms with Crippen molar-refractivity contribution < 1.29 is 0 Å². The smallest absolute Gasteiger partial charge is 0.0991 e. The van der Waals surface area contributed by atoms with E-state index in [9.17, 15) is 0 Å². The van der Waals surface area contributed by atoms with Gasteiger partial charge >= 0.3 is 0 Å². The highest BCUT2D eigenvalue weighted by atomic mass is 15.0. The molecule has 0 aliphatic carbocycles. The first kappa shape index (κ1) is 15.0. The summed E-state index contributed by atoms with van der Waals surface area (Å²) >= 11 is 0. The van der Waals surface area contributed by atoms with Crippen LogP contribution in [0.2, 0.25) is 0 Å². The van der Waals surface area contributed by atoms with E-state index in [0.717, 1.165) is 26.1 Å². The maximum Gasteiger partial charge on any atom is 0.0991 e. The Morgan fingerprint density at radius 3 is 2.86 bits per heavy atom. The first-order valence-corrected chi connectivity index (χ1v) is 7.13. The van der Waals surface area contributed by atoms with Crippen LogP contribution < -0.4 is 5.32 Å². The van der Waals surface area contributed by atoms with Crippen molar-refractivity contribution in [2.24, 2.45) is 0 Å². The number of allylic oxidation sites excluding steroid dienone is 1. The van der Waals surface area contributed by atoms with Crippen LogP contribution in [0.5, 0.6) is 0 Å². The number of rotatable bonds is 7. The minimum atomic E-state index is 0.692. The molecule has 0 fully saturated rings. The summed E-state index contributed by atoms with van der Waals surface area (Å²) in [5.74, 6) is 0. The monoisotopic (exact) mass is 280 g/mol. The lowest BCUT2D eigenvalue weighted by molar-refractivity contribution is 0.683. The fraction of sp³-hybridized carbons (Fsp3) is 0.294. The molecule has 0 radical (unpaired) electrons. The normalized spacial score (nSPS) is 10.9. The van der Waals surface area contributed by atoms with Gasteiger partial charge in [0, 0.05) is 37.9 Å². The van der Waals surface area contributed by atoms with Crippen molar-refractivity contribution in [3.63, 3.8) is 0 Å². The van der Waals surface area contributed by atoms with Crippen LogP contribution >= 0.6 is 0 Å². The quantitative estimate of drug-likeness (QED) is 0.626. The molecule has 0 aliphatic heterocycles. The zero-order valence-corrected chi connectivity index (χ0v) is 12.3. The van der Waals surface area contributed by atoms with Crippen molar-refractivity contribution in [3.8, 4) is 6.07 Å². The summed E-state index contributed by atoms with van der Waals surface area (Å²) in [5.41, 5.74) is 3.08. The molecule has 0 aliphatic rings. The summed E-state index contributed by atoms with van der Waals surface area (Å²) in [5, 5.41) is 12.2. The fourth-order valence-electron chi connectivity index (χ4n) is 2.10. The minimum absolute atomic E-state index is 0.692. The molecule has 1 aromatic heterocycles. The Morgan fingerprint density at radius 1 is 1.33 bits per heavy atom. The van der Waals surface area contributed by atoms with Crippen LogP contribution in [0.15, 0.2) is 48.9 Å². The van der Waals surface area contributed by atoms with E-state index in [-0.39, 0.29) is 0 Å². The van der Waals surface area contributed by atoms with Gasteiger partial charge in [-0.15, -0.1) is 0 Å². The fourth-order valence-corrected chi connectivity index (χ4v) is 2.10. The number of nitrogens with one attached hydrogen (secondary N) is 1. The Bertz CT molecular complexity index is 617. The zero-order valence-electron chi connectivity index (χ0n) is 12.3. The number of nitriles is 1. The largest absolute Gasteiger partial charge is 0.330 e. The summed E-state index contributed by atoms with van der Waals surface area (Å²) in [4.78, 5) is 4.24. The van der Waals surface area contributed by atoms with Crippen molar-refractivity contribution in [1.82, 2.24) is 14.9 Å². The van der Waals surface area contributed by atoms with Crippen LogP contribution in [-0.2, 0) is 13.0 Å². The summed E-state index contributed by atoms with van der Waals surface area (Å²) in [7, 11) is 0. The SMILES string of the molecule is CC=CCNCCc1cncn1Cc1ccc(C#N)cc1. The summed E-state index contributed by atoms with van der Waals surface area (Å²) in [6.45, 7) is 4.65. The molecule has 1 N–H and O–H groups in total. The maximum absolute atomic E-state index is 8.81. The van der Waals surface area contributed by atoms with Crippen LogP contribution in [-0.4, -0.2) is 22.6 Å². The Kier molecular flexibility index (Phi) is 5.74. The number of hydrogen-bond acceptors (Lipinski definition) is 3. The van der Waals surface area contributed by atoms with Gasteiger partial charge in [0.25, 0.3) is 0 Å². The summed E-state index contributed by atoms with van der Waals surface area (Å²) < 4.78 is 2.15. The van der Waals surface area contributed by atoms with Gasteiger partial charge in [-0.25, -0.2) is 4.98 Å². The molecule has 2 rings (SSSR count). The van der Waals surface area contributed by atoms with E-state index in [1.807, 2.05) is 49.8 Å². The first-order valence-electron chi connectivity index (χ1n) is 7.13. The third kappa shape index (κ3) is 4.59. The second-order valence-corrected chi connectivity index (χ2v) is 4.84. The van der Waals surface area contributed by atoms with E-state index in [1.54, 1.807) is 0 Å². The third-order valence-electron chi connectivity index (χ3n) is 3.29. The van der Waals surface area contributed by atoms with Crippen molar-refractivity contribution >= 4 is 0 Å². The number of aromatic nitrogens is 2. The van der Waals surface area contributed by atoms with Crippen molar-refractivity contribution in [3.05, 3.63) is 65.8 Å². The molecule has 0 spiro atoms. The second kappa shape index (κ2) is 8.03. The lowest BCUT2D eigenvalue weighted by atomic mass is 10.1. The molecular formula is C17H20N4. The second-order valence-electron chi connectivity index (χ2n) is 4.84. The van der Waals surface area contributed by atoms with E-state index in [2.05, 4.69) is 27.0 Å². The van der Waals surface area contributed by atoms with Crippen LogP contribution in [0.4, 0.5) is 0 Å². The van der Waals surface area contributed by atoms with Crippen molar-refractivity contribution in [2.45, 2.75) is 19.9 Å². The highest BCUT2D eigenvalue weighted by molar-refractivity contribution is 5.31. The molecular weight excluding hydrogens is 260 g/mol. The van der Waals surface area contributed by atoms with Crippen LogP contribution in [0.25, 0.3) is 0 Å². The van der Waals surface area contributed by atoms with Gasteiger partial charge in [-0.2, -0.15) is 5.26 Å². The molecule has 0 amide bonds. The van der Waals surface area contributed by atoms with E-state index in [1.165, 1.54) is 11.3 Å². The topological polar surface area (TPSA) is 53.6 Å². The van der Waals surface area contributed by atoms with Crippen LogP contribution in [0.3, 0.4) is 0 Å². The van der Waals surface area contributed by atoms with Crippen molar-refractivity contribution in [1.29, 1.82) is 5.26 Å². The maximum atomic E-state index is 8.81. The molecule has 21 heavy (non-hydrogen) atoms. The summed E-state index contributed by atoms with van der Waals surface area (Å²) in [6, 6.07) is 9.83. The molecule has 0 saturated carbocycles. The lowest BCUT2D eigenvalue weighted by Gasteiger charge is -2.08. The zero-order chi connectivity index (χ0) is 14.9. The third-order valence-corrected chi connectivity index (χ3v) is 3.29. The van der Waals surface area contributed by atoms with E-state index < -0.39 is 0 Å². The predicted octanol–water partition coefficient (Wildman–Crippen LogP) is 2.51. The Labute approximate surface area is 125 Å². The predicted molar refractivity (Wildman–Crippen MR) is 83.9 cm³/mol. The van der Waals surface area contributed by atoms with Gasteiger partial charge in [0.2, 0.25) is 0 Å². The Hall–Kier alpha value is -2.38. The number of imidazole rings is 1. The molecule has 108 valence electrons. The number of hydrogen-bond donors (Lipinski definition) is 1. The minimum Gasteiger partial charge on any atom is -0.330 e.